The van der Waals surface area contributed by atoms with Gasteiger partial charge in [-0.1, -0.05) is 13.8 Å². The van der Waals surface area contributed by atoms with Gasteiger partial charge < -0.3 is 14.5 Å². The first-order valence-corrected chi connectivity index (χ1v) is 9.34. The Morgan fingerprint density at radius 3 is 2.25 bits per heavy atom. The van der Waals surface area contributed by atoms with E-state index in [0.29, 0.717) is 46.4 Å². The average molecular weight is 385 g/mol. The first-order chi connectivity index (χ1) is 13.2. The van der Waals surface area contributed by atoms with Gasteiger partial charge in [0.05, 0.1) is 17.9 Å². The highest BCUT2D eigenvalue weighted by Crippen LogP contribution is 2.19. The van der Waals surface area contributed by atoms with Crippen LogP contribution in [-0.2, 0) is 4.74 Å². The zero-order chi connectivity index (χ0) is 20.8. The SMILES string of the molecule is CC(=O)c1c(C)[nH]c(C(=O)COC(=O)c2ccc(OCCC(C)C)cc2)c1C. The van der Waals surface area contributed by atoms with Crippen molar-refractivity contribution in [1.82, 2.24) is 4.98 Å². The number of ketones is 2. The Balaban J connectivity index is 1.94. The van der Waals surface area contributed by atoms with Gasteiger partial charge in [-0.25, -0.2) is 4.79 Å². The second kappa shape index (κ2) is 9.35. The standard InChI is InChI=1S/C22H27NO5/c1-13(2)10-11-27-18-8-6-17(7-9-18)22(26)28-12-19(25)21-14(3)20(16(5)24)15(4)23-21/h6-9,13,23H,10-12H2,1-5H3. The van der Waals surface area contributed by atoms with Gasteiger partial charge in [0.2, 0.25) is 5.78 Å². The van der Waals surface area contributed by atoms with Crippen LogP contribution in [0.4, 0.5) is 0 Å². The molecule has 0 amide bonds. The van der Waals surface area contributed by atoms with Crippen molar-refractivity contribution in [3.8, 4) is 5.75 Å². The largest absolute Gasteiger partial charge is 0.494 e. The third-order valence-corrected chi connectivity index (χ3v) is 4.46. The lowest BCUT2D eigenvalue weighted by Gasteiger charge is -2.09. The Labute approximate surface area is 165 Å². The van der Waals surface area contributed by atoms with Crippen LogP contribution >= 0.6 is 0 Å². The molecule has 6 nitrogen and oxygen atoms in total. The van der Waals surface area contributed by atoms with Gasteiger partial charge in [-0.05, 0) is 62.9 Å². The number of aromatic nitrogens is 1. The van der Waals surface area contributed by atoms with Crippen LogP contribution in [-0.4, -0.2) is 35.7 Å². The van der Waals surface area contributed by atoms with Crippen LogP contribution in [0.15, 0.2) is 24.3 Å². The number of benzene rings is 1. The maximum Gasteiger partial charge on any atom is 0.338 e. The highest BCUT2D eigenvalue weighted by atomic mass is 16.5. The minimum Gasteiger partial charge on any atom is -0.494 e. The molecule has 0 unspecified atom stereocenters. The fourth-order valence-electron chi connectivity index (χ4n) is 2.94. The molecule has 0 atom stereocenters. The number of carbonyl (C=O) groups is 3. The van der Waals surface area contributed by atoms with Gasteiger partial charge in [-0.3, -0.25) is 9.59 Å². The fourth-order valence-corrected chi connectivity index (χ4v) is 2.94. The monoisotopic (exact) mass is 385 g/mol. The molecule has 0 spiro atoms. The predicted octanol–water partition coefficient (Wildman–Crippen LogP) is 4.30. The summed E-state index contributed by atoms with van der Waals surface area (Å²) >= 11 is 0. The zero-order valence-electron chi connectivity index (χ0n) is 17.0. The van der Waals surface area contributed by atoms with E-state index >= 15 is 0 Å². The van der Waals surface area contributed by atoms with Gasteiger partial charge in [-0.15, -0.1) is 0 Å². The van der Waals surface area contributed by atoms with Crippen molar-refractivity contribution >= 4 is 17.5 Å². The molecule has 1 aromatic heterocycles. The highest BCUT2D eigenvalue weighted by Gasteiger charge is 2.21. The summed E-state index contributed by atoms with van der Waals surface area (Å²) in [6, 6.07) is 6.62. The van der Waals surface area contributed by atoms with E-state index in [1.807, 2.05) is 0 Å². The Morgan fingerprint density at radius 2 is 1.71 bits per heavy atom. The number of H-pyrrole nitrogens is 1. The lowest BCUT2D eigenvalue weighted by molar-refractivity contribution is 0.0473. The Hall–Kier alpha value is -2.89. The Morgan fingerprint density at radius 1 is 1.07 bits per heavy atom. The lowest BCUT2D eigenvalue weighted by Crippen LogP contribution is -2.15. The van der Waals surface area contributed by atoms with Gasteiger partial charge >= 0.3 is 5.97 Å². The number of ether oxygens (including phenoxy) is 2. The fraction of sp³-hybridized carbons (Fsp3) is 0.409. The summed E-state index contributed by atoms with van der Waals surface area (Å²) in [7, 11) is 0. The molecule has 6 heteroatoms. The molecule has 2 aromatic rings. The zero-order valence-corrected chi connectivity index (χ0v) is 17.0. The molecule has 0 saturated carbocycles. The molecule has 2 rings (SSSR count). The van der Waals surface area contributed by atoms with E-state index in [1.54, 1.807) is 38.1 Å². The van der Waals surface area contributed by atoms with Crippen molar-refractivity contribution < 1.29 is 23.9 Å². The second-order valence-corrected chi connectivity index (χ2v) is 7.24. The van der Waals surface area contributed by atoms with Crippen LogP contribution < -0.4 is 4.74 Å². The number of nitrogens with one attached hydrogen (secondary N) is 1. The van der Waals surface area contributed by atoms with Crippen LogP contribution in [0.5, 0.6) is 5.75 Å². The summed E-state index contributed by atoms with van der Waals surface area (Å²) in [5, 5.41) is 0. The minimum atomic E-state index is -0.588. The number of hydrogen-bond acceptors (Lipinski definition) is 5. The molecule has 0 radical (unpaired) electrons. The number of esters is 1. The van der Waals surface area contributed by atoms with Crippen molar-refractivity contribution in [2.24, 2.45) is 5.92 Å². The van der Waals surface area contributed by atoms with Crippen molar-refractivity contribution in [1.29, 1.82) is 0 Å². The maximum atomic E-state index is 12.4. The maximum absolute atomic E-state index is 12.4. The van der Waals surface area contributed by atoms with E-state index < -0.39 is 12.6 Å². The molecule has 0 aliphatic rings. The second-order valence-electron chi connectivity index (χ2n) is 7.24. The molecule has 0 fully saturated rings. The molecule has 28 heavy (non-hydrogen) atoms. The molecule has 1 heterocycles. The predicted molar refractivity (Wildman–Crippen MR) is 106 cm³/mol. The van der Waals surface area contributed by atoms with Crippen LogP contribution in [0.1, 0.15) is 69.7 Å². The van der Waals surface area contributed by atoms with Crippen molar-refractivity contribution in [3.63, 3.8) is 0 Å². The van der Waals surface area contributed by atoms with E-state index in [9.17, 15) is 14.4 Å². The number of hydrogen-bond donors (Lipinski definition) is 1. The summed E-state index contributed by atoms with van der Waals surface area (Å²) in [5.41, 5.74) is 2.35. The average Bonchev–Trinajstić information content (AvgIpc) is 2.94. The van der Waals surface area contributed by atoms with E-state index in [4.69, 9.17) is 9.47 Å². The van der Waals surface area contributed by atoms with Crippen molar-refractivity contribution in [2.75, 3.05) is 13.2 Å². The number of Topliss-reactive ketones (excluding diaryl/α,β-unsaturated/α-hetero) is 2. The highest BCUT2D eigenvalue weighted by molar-refractivity contribution is 6.04. The summed E-state index contributed by atoms with van der Waals surface area (Å²) in [4.78, 5) is 39.1. The first-order valence-electron chi connectivity index (χ1n) is 9.34. The molecular formula is C22H27NO5. The number of aryl methyl sites for hydroxylation is 1. The molecule has 1 aromatic carbocycles. The van der Waals surface area contributed by atoms with E-state index in [0.717, 1.165) is 6.42 Å². The van der Waals surface area contributed by atoms with Crippen LogP contribution in [0, 0.1) is 19.8 Å². The smallest absolute Gasteiger partial charge is 0.338 e. The number of aromatic amines is 1. The topological polar surface area (TPSA) is 85.5 Å². The molecule has 0 saturated heterocycles. The van der Waals surface area contributed by atoms with Crippen LogP contribution in [0.25, 0.3) is 0 Å². The van der Waals surface area contributed by atoms with Crippen LogP contribution in [0.3, 0.4) is 0 Å². The molecular weight excluding hydrogens is 358 g/mol. The molecule has 0 aliphatic heterocycles. The van der Waals surface area contributed by atoms with E-state index in [-0.39, 0.29) is 11.6 Å². The molecule has 0 aliphatic carbocycles. The van der Waals surface area contributed by atoms with Crippen LogP contribution in [0.2, 0.25) is 0 Å². The van der Waals surface area contributed by atoms with Gasteiger partial charge in [-0.2, -0.15) is 0 Å². The quantitative estimate of drug-likeness (QED) is 0.514. The van der Waals surface area contributed by atoms with Gasteiger partial charge in [0.25, 0.3) is 0 Å². The molecule has 150 valence electrons. The van der Waals surface area contributed by atoms with E-state index in [1.165, 1.54) is 6.92 Å². The number of rotatable bonds is 9. The summed E-state index contributed by atoms with van der Waals surface area (Å²) in [6.07, 6.45) is 0.953. The summed E-state index contributed by atoms with van der Waals surface area (Å²) in [6.45, 7) is 9.36. The normalized spacial score (nSPS) is 10.8. The van der Waals surface area contributed by atoms with Gasteiger partial charge in [0.15, 0.2) is 12.4 Å². The van der Waals surface area contributed by atoms with E-state index in [2.05, 4.69) is 18.8 Å². The Kier molecular flexibility index (Phi) is 7.15. The third-order valence-electron chi connectivity index (χ3n) is 4.46. The summed E-state index contributed by atoms with van der Waals surface area (Å²) in [5.74, 6) is 0.163. The number of carbonyl (C=O) groups excluding carboxylic acids is 3. The molecule has 0 bridgehead atoms. The lowest BCUT2D eigenvalue weighted by atomic mass is 10.1. The third kappa shape index (κ3) is 5.31. The summed E-state index contributed by atoms with van der Waals surface area (Å²) < 4.78 is 10.7. The Bertz CT molecular complexity index is 862. The van der Waals surface area contributed by atoms with Gasteiger partial charge in [0, 0.05) is 11.3 Å². The minimum absolute atomic E-state index is 0.113. The van der Waals surface area contributed by atoms with Gasteiger partial charge in [0.1, 0.15) is 5.75 Å². The van der Waals surface area contributed by atoms with Crippen molar-refractivity contribution in [3.05, 3.63) is 52.3 Å². The van der Waals surface area contributed by atoms with Crippen molar-refractivity contribution in [2.45, 2.75) is 41.0 Å². The first kappa shape index (κ1) is 21.4. The molecule has 1 N–H and O–H groups in total.